The lowest BCUT2D eigenvalue weighted by Gasteiger charge is -2.22. The number of benzene rings is 3. The zero-order valence-corrected chi connectivity index (χ0v) is 20.1. The largest absolute Gasteiger partial charge is 0.497 e. The fourth-order valence-corrected chi connectivity index (χ4v) is 5.11. The van der Waals surface area contributed by atoms with E-state index in [9.17, 15) is 9.59 Å². The number of anilines is 2. The number of carbonyl (C=O) groups excluding carboxylic acids is 2. The van der Waals surface area contributed by atoms with E-state index in [0.29, 0.717) is 22.9 Å². The second-order valence-corrected chi connectivity index (χ2v) is 8.90. The molecule has 176 valence electrons. The molecule has 0 fully saturated rings. The van der Waals surface area contributed by atoms with Gasteiger partial charge in [-0.3, -0.25) is 9.59 Å². The highest BCUT2D eigenvalue weighted by atomic mass is 32.2. The third kappa shape index (κ3) is 5.12. The molecule has 1 N–H and O–H groups in total. The van der Waals surface area contributed by atoms with Crippen LogP contribution in [0.1, 0.15) is 17.2 Å². The number of rotatable bonds is 7. The summed E-state index contributed by atoms with van der Waals surface area (Å²) < 4.78 is 16.0. The quantitative estimate of drug-likeness (QED) is 0.519. The zero-order valence-electron chi connectivity index (χ0n) is 19.2. The van der Waals surface area contributed by atoms with Crippen LogP contribution in [0.15, 0.2) is 71.6 Å². The highest BCUT2D eigenvalue weighted by molar-refractivity contribution is 7.99. The molecule has 0 aliphatic carbocycles. The molecule has 0 unspecified atom stereocenters. The van der Waals surface area contributed by atoms with Crippen molar-refractivity contribution in [3.8, 4) is 17.2 Å². The Morgan fingerprint density at radius 2 is 1.76 bits per heavy atom. The monoisotopic (exact) mass is 478 g/mol. The van der Waals surface area contributed by atoms with Crippen LogP contribution in [0.4, 0.5) is 11.4 Å². The average molecular weight is 479 g/mol. The molecule has 34 heavy (non-hydrogen) atoms. The fraction of sp³-hybridized carbons (Fsp3) is 0.231. The van der Waals surface area contributed by atoms with Crippen LogP contribution in [0.25, 0.3) is 0 Å². The topological polar surface area (TPSA) is 77.1 Å². The summed E-state index contributed by atoms with van der Waals surface area (Å²) in [6, 6.07) is 20.4. The number of methoxy groups -OCH3 is 3. The molecular weight excluding hydrogens is 452 g/mol. The highest BCUT2D eigenvalue weighted by Crippen LogP contribution is 2.46. The summed E-state index contributed by atoms with van der Waals surface area (Å²) >= 11 is 1.60. The molecule has 0 saturated carbocycles. The molecule has 3 aromatic rings. The minimum Gasteiger partial charge on any atom is -0.497 e. The number of amides is 2. The third-order valence-corrected chi connectivity index (χ3v) is 6.84. The van der Waals surface area contributed by atoms with Crippen molar-refractivity contribution < 1.29 is 23.8 Å². The van der Waals surface area contributed by atoms with Crippen molar-refractivity contribution >= 4 is 35.0 Å². The second-order valence-electron chi connectivity index (χ2n) is 7.65. The molecule has 1 aliphatic rings. The van der Waals surface area contributed by atoms with Gasteiger partial charge in [-0.15, -0.1) is 11.8 Å². The maximum Gasteiger partial charge on any atom is 0.244 e. The summed E-state index contributed by atoms with van der Waals surface area (Å²) in [5.74, 6) is 1.47. The Morgan fingerprint density at radius 1 is 0.971 bits per heavy atom. The molecule has 0 saturated heterocycles. The number of para-hydroxylation sites is 1. The number of ether oxygens (including phenoxy) is 3. The van der Waals surface area contributed by atoms with Crippen LogP contribution in [0, 0.1) is 0 Å². The van der Waals surface area contributed by atoms with Gasteiger partial charge in [0.2, 0.25) is 11.8 Å². The smallest absolute Gasteiger partial charge is 0.244 e. The van der Waals surface area contributed by atoms with Gasteiger partial charge in [0.25, 0.3) is 0 Å². The summed E-state index contributed by atoms with van der Waals surface area (Å²) in [6.45, 7) is -0.0910. The Labute approximate surface area is 203 Å². The lowest BCUT2D eigenvalue weighted by molar-refractivity contribution is -0.121. The Kier molecular flexibility index (Phi) is 7.27. The van der Waals surface area contributed by atoms with Gasteiger partial charge in [0.1, 0.15) is 12.3 Å². The molecule has 0 radical (unpaired) electrons. The molecule has 0 bridgehead atoms. The van der Waals surface area contributed by atoms with Crippen LogP contribution in [0.5, 0.6) is 17.2 Å². The minimum absolute atomic E-state index is 0.0910. The van der Waals surface area contributed by atoms with Crippen LogP contribution in [0.3, 0.4) is 0 Å². The normalized spacial score (nSPS) is 15.2. The summed E-state index contributed by atoms with van der Waals surface area (Å²) in [6.07, 6.45) is 0.237. The molecule has 3 aromatic carbocycles. The first-order valence-electron chi connectivity index (χ1n) is 10.7. The number of carbonyl (C=O) groups is 2. The van der Waals surface area contributed by atoms with E-state index in [1.165, 1.54) is 0 Å². The first-order valence-corrected chi connectivity index (χ1v) is 11.6. The first kappa shape index (κ1) is 23.5. The molecule has 8 heteroatoms. The fourth-order valence-electron chi connectivity index (χ4n) is 3.84. The Morgan fingerprint density at radius 3 is 2.53 bits per heavy atom. The van der Waals surface area contributed by atoms with Gasteiger partial charge in [0.05, 0.1) is 27.0 Å². The maximum atomic E-state index is 13.4. The van der Waals surface area contributed by atoms with Gasteiger partial charge in [-0.05, 0) is 42.0 Å². The third-order valence-electron chi connectivity index (χ3n) is 5.52. The number of fused-ring (bicyclic) bond motifs is 1. The van der Waals surface area contributed by atoms with Crippen LogP contribution in [0.2, 0.25) is 0 Å². The number of nitrogens with one attached hydrogen (secondary N) is 1. The van der Waals surface area contributed by atoms with Crippen LogP contribution in [-0.4, -0.2) is 39.7 Å². The Bertz CT molecular complexity index is 1200. The Hall–Kier alpha value is -3.65. The van der Waals surface area contributed by atoms with Crippen molar-refractivity contribution in [2.45, 2.75) is 16.6 Å². The van der Waals surface area contributed by atoms with Gasteiger partial charge in [0.15, 0.2) is 11.5 Å². The van der Waals surface area contributed by atoms with E-state index in [-0.39, 0.29) is 30.0 Å². The molecule has 7 nitrogen and oxygen atoms in total. The summed E-state index contributed by atoms with van der Waals surface area (Å²) in [7, 11) is 4.75. The van der Waals surface area contributed by atoms with E-state index in [1.807, 2.05) is 42.5 Å². The van der Waals surface area contributed by atoms with E-state index in [2.05, 4.69) is 5.32 Å². The predicted molar refractivity (Wildman–Crippen MR) is 133 cm³/mol. The van der Waals surface area contributed by atoms with Gasteiger partial charge >= 0.3 is 0 Å². The van der Waals surface area contributed by atoms with Gasteiger partial charge in [-0.25, -0.2) is 0 Å². The molecular formula is C26H26N2O5S. The van der Waals surface area contributed by atoms with Crippen molar-refractivity contribution in [3.63, 3.8) is 0 Å². The van der Waals surface area contributed by atoms with Crippen molar-refractivity contribution in [2.75, 3.05) is 38.1 Å². The standard InChI is InChI=1S/C26H26N2O5S/c1-31-19-8-6-7-18(14-19)27-25(29)16-28-20-9-4-5-10-23(20)34-24(15-26(28)30)17-11-12-21(32-2)22(13-17)33-3/h4-14,24H,15-16H2,1-3H3,(H,27,29)/t24-/m0/s1. The van der Waals surface area contributed by atoms with E-state index >= 15 is 0 Å². The molecule has 0 spiro atoms. The second kappa shape index (κ2) is 10.5. The van der Waals surface area contributed by atoms with Crippen LogP contribution >= 0.6 is 11.8 Å². The van der Waals surface area contributed by atoms with Crippen molar-refractivity contribution in [3.05, 3.63) is 72.3 Å². The lowest BCUT2D eigenvalue weighted by Crippen LogP contribution is -2.38. The molecule has 4 rings (SSSR count). The van der Waals surface area contributed by atoms with Crippen LogP contribution in [-0.2, 0) is 9.59 Å². The predicted octanol–water partition coefficient (Wildman–Crippen LogP) is 4.92. The van der Waals surface area contributed by atoms with Gasteiger partial charge in [-0.1, -0.05) is 24.3 Å². The van der Waals surface area contributed by atoms with Gasteiger partial charge < -0.3 is 24.4 Å². The lowest BCUT2D eigenvalue weighted by atomic mass is 10.1. The summed E-state index contributed by atoms with van der Waals surface area (Å²) in [5, 5.41) is 2.72. The summed E-state index contributed by atoms with van der Waals surface area (Å²) in [5.41, 5.74) is 2.28. The minimum atomic E-state index is -0.286. The number of hydrogen-bond acceptors (Lipinski definition) is 6. The van der Waals surface area contributed by atoms with Crippen LogP contribution < -0.4 is 24.4 Å². The van der Waals surface area contributed by atoms with E-state index < -0.39 is 0 Å². The SMILES string of the molecule is COc1cccc(NC(=O)CN2C(=O)C[C@@H](c3ccc(OC)c(OC)c3)Sc3ccccc32)c1. The van der Waals surface area contributed by atoms with E-state index in [1.54, 1.807) is 62.3 Å². The average Bonchev–Trinajstić information content (AvgIpc) is 3.00. The molecule has 1 atom stereocenters. The first-order chi connectivity index (χ1) is 16.5. The summed E-state index contributed by atoms with van der Waals surface area (Å²) in [4.78, 5) is 28.7. The number of hydrogen-bond donors (Lipinski definition) is 1. The van der Waals surface area contributed by atoms with Gasteiger partial charge in [0, 0.05) is 28.3 Å². The maximum absolute atomic E-state index is 13.4. The molecule has 1 aliphatic heterocycles. The zero-order chi connectivity index (χ0) is 24.1. The molecule has 2 amide bonds. The van der Waals surface area contributed by atoms with Crippen molar-refractivity contribution in [1.82, 2.24) is 0 Å². The molecule has 1 heterocycles. The Balaban J connectivity index is 1.58. The van der Waals surface area contributed by atoms with Crippen molar-refractivity contribution in [1.29, 1.82) is 0 Å². The number of thioether (sulfide) groups is 1. The van der Waals surface area contributed by atoms with E-state index in [0.717, 1.165) is 16.1 Å². The highest BCUT2D eigenvalue weighted by Gasteiger charge is 2.31. The number of nitrogens with zero attached hydrogens (tertiary/aromatic N) is 1. The molecule has 0 aromatic heterocycles. The van der Waals surface area contributed by atoms with E-state index in [4.69, 9.17) is 14.2 Å². The van der Waals surface area contributed by atoms with Gasteiger partial charge in [-0.2, -0.15) is 0 Å². The van der Waals surface area contributed by atoms with Crippen molar-refractivity contribution in [2.24, 2.45) is 0 Å².